The first-order valence-electron chi connectivity index (χ1n) is 18.9. The summed E-state index contributed by atoms with van der Waals surface area (Å²) in [6.07, 6.45) is 1.36. The number of nitrogens with one attached hydrogen (secondary N) is 3. The van der Waals surface area contributed by atoms with Crippen LogP contribution in [-0.2, 0) is 38.0 Å². The average molecular weight is 784 g/mol. The number of azide groups is 1. The second-order valence-corrected chi connectivity index (χ2v) is 15.8. The number of carbonyl (C=O) groups excluding carboxylic acids is 4. The lowest BCUT2D eigenvalue weighted by molar-refractivity contribution is -0.171. The normalized spacial score (nSPS) is 25.7. The number of ether oxygens (including phenoxy) is 6. The van der Waals surface area contributed by atoms with Gasteiger partial charge in [-0.2, -0.15) is 0 Å². The van der Waals surface area contributed by atoms with Crippen molar-refractivity contribution in [2.75, 3.05) is 6.61 Å². The van der Waals surface area contributed by atoms with Crippen LogP contribution in [-0.4, -0.2) is 111 Å². The van der Waals surface area contributed by atoms with Crippen LogP contribution in [0.15, 0.2) is 29.3 Å². The van der Waals surface area contributed by atoms with Crippen molar-refractivity contribution in [1.82, 2.24) is 30.5 Å². The first kappa shape index (κ1) is 42.2. The summed E-state index contributed by atoms with van der Waals surface area (Å²) in [5, 5.41) is 9.37. The number of alkyl carbamates (subject to hydrolysis) is 1. The number of esters is 1. The molecule has 306 valence electrons. The number of H-pyrrole nitrogens is 1. The smallest absolute Gasteiger partial charge is 0.411 e. The minimum Gasteiger partial charge on any atom is -0.460 e. The average Bonchev–Trinajstić information content (AvgIpc) is 3.75. The molecule has 2 saturated heterocycles. The molecular formula is C37H53N9O10. The molecule has 0 saturated carbocycles. The van der Waals surface area contributed by atoms with E-state index in [4.69, 9.17) is 34.0 Å². The molecule has 1 aliphatic carbocycles. The number of nitrogens with zero attached hydrogens (tertiary/aromatic N) is 6. The van der Waals surface area contributed by atoms with Gasteiger partial charge in [-0.25, -0.2) is 24.4 Å². The molecule has 3 aliphatic rings. The Balaban J connectivity index is 1.51. The third-order valence-corrected chi connectivity index (χ3v) is 9.56. The minimum absolute atomic E-state index is 0.0237. The molecule has 0 spiro atoms. The van der Waals surface area contributed by atoms with Crippen LogP contribution >= 0.6 is 0 Å². The van der Waals surface area contributed by atoms with E-state index in [1.165, 1.54) is 18.2 Å². The lowest BCUT2D eigenvalue weighted by Crippen LogP contribution is -2.59. The van der Waals surface area contributed by atoms with Crippen molar-refractivity contribution in [2.24, 2.45) is 5.11 Å². The van der Waals surface area contributed by atoms with Gasteiger partial charge in [0.15, 0.2) is 11.6 Å². The van der Waals surface area contributed by atoms with E-state index in [2.05, 4.69) is 35.6 Å². The van der Waals surface area contributed by atoms with Crippen molar-refractivity contribution in [3.8, 4) is 0 Å². The van der Waals surface area contributed by atoms with E-state index in [0.29, 0.717) is 29.4 Å². The van der Waals surface area contributed by atoms with E-state index >= 15 is 0 Å². The van der Waals surface area contributed by atoms with Crippen LogP contribution in [0.1, 0.15) is 100 Å². The Hall–Kier alpha value is -4.97. The fourth-order valence-corrected chi connectivity index (χ4v) is 7.39. The Morgan fingerprint density at radius 3 is 2.45 bits per heavy atom. The molecule has 0 bridgehead atoms. The number of carbonyl (C=O) groups is 4. The Morgan fingerprint density at radius 2 is 1.82 bits per heavy atom. The van der Waals surface area contributed by atoms with Crippen molar-refractivity contribution >= 4 is 40.9 Å². The number of likely N-dealkylation sites (tertiary alicyclic amines) is 1. The number of hydrogen-bond donors (Lipinski definition) is 3. The summed E-state index contributed by atoms with van der Waals surface area (Å²) in [5.41, 5.74) is 9.65. The quantitative estimate of drug-likeness (QED) is 0.0791. The van der Waals surface area contributed by atoms with E-state index in [0.717, 1.165) is 0 Å². The van der Waals surface area contributed by atoms with Gasteiger partial charge < -0.3 is 44.0 Å². The minimum atomic E-state index is -1.08. The van der Waals surface area contributed by atoms with E-state index in [9.17, 15) is 19.2 Å². The van der Waals surface area contributed by atoms with E-state index < -0.39 is 78.1 Å². The first-order valence-corrected chi connectivity index (χ1v) is 18.9. The largest absolute Gasteiger partial charge is 0.460 e. The molecule has 4 heterocycles. The van der Waals surface area contributed by atoms with Gasteiger partial charge in [-0.15, -0.1) is 0 Å². The number of aromatic nitrogens is 3. The molecule has 5 rings (SSSR count). The molecule has 3 amide bonds. The maximum atomic E-state index is 14.2. The Morgan fingerprint density at radius 1 is 1.12 bits per heavy atom. The van der Waals surface area contributed by atoms with E-state index in [-0.39, 0.29) is 36.4 Å². The molecule has 56 heavy (non-hydrogen) atoms. The molecule has 19 heteroatoms. The summed E-state index contributed by atoms with van der Waals surface area (Å²) in [4.78, 5) is 69.5. The summed E-state index contributed by atoms with van der Waals surface area (Å²) in [5.74, 6) is -2.09. The van der Waals surface area contributed by atoms with Gasteiger partial charge in [-0.05, 0) is 78.0 Å². The van der Waals surface area contributed by atoms with Crippen molar-refractivity contribution in [3.05, 3.63) is 40.2 Å². The molecule has 0 aromatic carbocycles. The van der Waals surface area contributed by atoms with Crippen molar-refractivity contribution < 1.29 is 47.6 Å². The highest BCUT2D eigenvalue weighted by Gasteiger charge is 2.61. The highest BCUT2D eigenvalue weighted by molar-refractivity contribution is 5.90. The summed E-state index contributed by atoms with van der Waals surface area (Å²) in [6, 6.07) is -3.32. The monoisotopic (exact) mass is 783 g/mol. The van der Waals surface area contributed by atoms with Gasteiger partial charge in [0.2, 0.25) is 5.91 Å². The number of fused-ring (bicyclic) bond motifs is 2. The lowest BCUT2D eigenvalue weighted by Gasteiger charge is -2.38. The van der Waals surface area contributed by atoms with E-state index in [1.807, 2.05) is 13.8 Å². The van der Waals surface area contributed by atoms with E-state index in [1.54, 1.807) is 60.7 Å². The van der Waals surface area contributed by atoms with Crippen LogP contribution < -0.4 is 10.6 Å². The zero-order chi connectivity index (χ0) is 41.1. The zero-order valence-electron chi connectivity index (χ0n) is 33.5. The number of aromatic amines is 1. The van der Waals surface area contributed by atoms with Gasteiger partial charge in [-0.1, -0.05) is 13.8 Å². The van der Waals surface area contributed by atoms with Crippen molar-refractivity contribution in [2.45, 2.75) is 155 Å². The Bertz CT molecular complexity index is 1860. The zero-order valence-corrected chi connectivity index (χ0v) is 33.5. The van der Waals surface area contributed by atoms with Crippen LogP contribution in [0.3, 0.4) is 0 Å². The van der Waals surface area contributed by atoms with Crippen LogP contribution in [0.4, 0.5) is 15.4 Å². The molecule has 2 aromatic rings. The Kier molecular flexibility index (Phi) is 12.8. The second kappa shape index (κ2) is 17.0. The van der Waals surface area contributed by atoms with Gasteiger partial charge >= 0.3 is 18.2 Å². The molecule has 3 N–H and O–H groups in total. The van der Waals surface area contributed by atoms with Crippen molar-refractivity contribution in [1.29, 1.82) is 0 Å². The first-order chi connectivity index (χ1) is 26.4. The lowest BCUT2D eigenvalue weighted by atomic mass is 9.87. The van der Waals surface area contributed by atoms with Crippen LogP contribution in [0.25, 0.3) is 21.5 Å². The summed E-state index contributed by atoms with van der Waals surface area (Å²) >= 11 is 0. The fourth-order valence-electron chi connectivity index (χ4n) is 7.39. The maximum absolute atomic E-state index is 14.2. The predicted molar refractivity (Wildman–Crippen MR) is 200 cm³/mol. The predicted octanol–water partition coefficient (Wildman–Crippen LogP) is 5.54. The Labute approximate surface area is 325 Å². The third kappa shape index (κ3) is 9.51. The second-order valence-electron chi connectivity index (χ2n) is 15.8. The number of hydrogen-bond acceptors (Lipinski definition) is 13. The number of amides is 3. The molecule has 0 radical (unpaired) electrons. The highest BCUT2D eigenvalue weighted by Crippen LogP contribution is 2.49. The van der Waals surface area contributed by atoms with Crippen LogP contribution in [0, 0.1) is 0 Å². The molecular weight excluding hydrogens is 730 g/mol. The molecule has 2 fully saturated rings. The van der Waals surface area contributed by atoms with Gasteiger partial charge in [0.05, 0.1) is 53.5 Å². The van der Waals surface area contributed by atoms with Crippen LogP contribution in [0.5, 0.6) is 0 Å². The highest BCUT2D eigenvalue weighted by atomic mass is 16.8. The fraction of sp³-hybridized carbons (Fsp3) is 0.676. The molecule has 2 aliphatic heterocycles. The summed E-state index contributed by atoms with van der Waals surface area (Å²) in [6.45, 7) is 17.1. The number of rotatable bonds is 12. The topological polar surface area (TPSA) is 241 Å². The van der Waals surface area contributed by atoms with Gasteiger partial charge in [0.1, 0.15) is 30.7 Å². The van der Waals surface area contributed by atoms with Gasteiger partial charge in [-0.3, -0.25) is 9.69 Å². The standard InChI is InChI=1S/C37H53N9O10/c1-11-21(12-2)53-25-14-20(13-23(27(25)42-19(5)47)43-34(49)52-18(3)4)33(48)51-16-24-30-31(55-37(9,10)54-30)29(46(24)35(50)56-36(6,7)8)22-15-39-28-26(22)40-17-41-32(28)44-45-38/h14-15,17-18,21,23-25,27,29-31,39H,11-13,16H2,1-10H3,(H,42,47)(H,43,49)/t23-,24?,25+,27+,29?,30?,31?/m0/s1. The third-order valence-electron chi connectivity index (χ3n) is 9.56. The van der Waals surface area contributed by atoms with Gasteiger partial charge in [0.25, 0.3) is 0 Å². The molecule has 2 aromatic heterocycles. The SMILES string of the molecule is CCC(CC)O[C@@H]1C=C(C(=O)OCC2C3OC(C)(C)OC3C(c3c[nH]c4c(N=[N+]=[N-])ncnc34)N2C(=O)OC(C)(C)C)C[C@H](NC(=O)OC(C)C)[C@H]1NC(C)=O. The summed E-state index contributed by atoms with van der Waals surface area (Å²) < 4.78 is 36.5. The van der Waals surface area contributed by atoms with Crippen LogP contribution in [0.2, 0.25) is 0 Å². The van der Waals surface area contributed by atoms with Gasteiger partial charge in [0, 0.05) is 35.6 Å². The van der Waals surface area contributed by atoms with Crippen molar-refractivity contribution in [3.63, 3.8) is 0 Å². The molecule has 7 atom stereocenters. The molecule has 19 nitrogen and oxygen atoms in total. The summed E-state index contributed by atoms with van der Waals surface area (Å²) in [7, 11) is 0. The molecule has 4 unspecified atom stereocenters. The maximum Gasteiger partial charge on any atom is 0.411 e.